The molecule has 0 saturated heterocycles. The van der Waals surface area contributed by atoms with Gasteiger partial charge < -0.3 is 9.84 Å². The van der Waals surface area contributed by atoms with Crippen molar-refractivity contribution in [1.29, 1.82) is 0 Å². The minimum absolute atomic E-state index is 0.225. The Balaban J connectivity index is 1.94. The Morgan fingerprint density at radius 3 is 3.00 bits per heavy atom. The van der Waals surface area contributed by atoms with Crippen LogP contribution in [0.3, 0.4) is 0 Å². The van der Waals surface area contributed by atoms with Crippen LogP contribution < -0.4 is 4.87 Å². The summed E-state index contributed by atoms with van der Waals surface area (Å²) in [6, 6.07) is 7.60. The summed E-state index contributed by atoms with van der Waals surface area (Å²) in [5, 5.41) is 10.2. The highest BCUT2D eigenvalue weighted by Gasteiger charge is 2.18. The number of ether oxygens (including phenoxy) is 1. The van der Waals surface area contributed by atoms with E-state index in [-0.39, 0.29) is 19.0 Å². The number of hydrogen-bond acceptors (Lipinski definition) is 6. The molecule has 0 atom stereocenters. The summed E-state index contributed by atoms with van der Waals surface area (Å²) >= 11 is 0.874. The highest BCUT2D eigenvalue weighted by atomic mass is 32.1. The summed E-state index contributed by atoms with van der Waals surface area (Å²) in [6.45, 7) is 1.60. The van der Waals surface area contributed by atoms with Crippen LogP contribution in [-0.4, -0.2) is 28.5 Å². The van der Waals surface area contributed by atoms with E-state index in [1.54, 1.807) is 19.2 Å². The van der Waals surface area contributed by atoms with Gasteiger partial charge in [0.2, 0.25) is 5.88 Å². The van der Waals surface area contributed by atoms with E-state index in [2.05, 4.69) is 4.99 Å². The number of para-hydroxylation sites is 1. The number of hydrogen-bond donors (Lipinski definition) is 1. The number of thiazole rings is 1. The lowest BCUT2D eigenvalue weighted by molar-refractivity contribution is -0.143. The number of allylic oxidation sites excluding steroid dienone is 1. The number of benzene rings is 1. The lowest BCUT2D eigenvalue weighted by Gasteiger charge is -2.03. The van der Waals surface area contributed by atoms with Crippen molar-refractivity contribution < 1.29 is 14.6 Å². The lowest BCUT2D eigenvalue weighted by Crippen LogP contribution is -2.20. The fourth-order valence-electron chi connectivity index (χ4n) is 2.28. The molecule has 1 aliphatic heterocycles. The van der Waals surface area contributed by atoms with E-state index in [0.717, 1.165) is 32.7 Å². The number of fused-ring (bicyclic) bond motifs is 1. The van der Waals surface area contributed by atoms with Gasteiger partial charge in [-0.25, -0.2) is 0 Å². The quantitative estimate of drug-likeness (QED) is 0.873. The van der Waals surface area contributed by atoms with Gasteiger partial charge in [0.1, 0.15) is 6.54 Å². The number of carbonyl (C=O) groups is 1. The van der Waals surface area contributed by atoms with Crippen molar-refractivity contribution >= 4 is 40.9 Å². The molecule has 0 fully saturated rings. The van der Waals surface area contributed by atoms with E-state index in [4.69, 9.17) is 4.74 Å². The molecule has 0 bridgehead atoms. The predicted octanol–water partition coefficient (Wildman–Crippen LogP) is 2.44. The zero-order valence-corrected chi connectivity index (χ0v) is 13.2. The Hall–Kier alpha value is -2.67. The van der Waals surface area contributed by atoms with Crippen LogP contribution in [0.4, 0.5) is 5.69 Å². The number of rotatable bonds is 4. The molecule has 23 heavy (non-hydrogen) atoms. The SMILES string of the molecule is CCOC(=O)Cn1c(O)c(/C=C2/C=Nc3ccccc32)sc1=O. The lowest BCUT2D eigenvalue weighted by atomic mass is 10.1. The van der Waals surface area contributed by atoms with Crippen molar-refractivity contribution in [2.24, 2.45) is 4.99 Å². The van der Waals surface area contributed by atoms with E-state index in [1.165, 1.54) is 0 Å². The molecule has 0 spiro atoms. The van der Waals surface area contributed by atoms with Crippen LogP contribution in [0, 0.1) is 0 Å². The first-order chi connectivity index (χ1) is 11.1. The Morgan fingerprint density at radius 2 is 2.22 bits per heavy atom. The molecule has 118 valence electrons. The highest BCUT2D eigenvalue weighted by molar-refractivity contribution is 7.10. The molecule has 6 nitrogen and oxygen atoms in total. The number of nitrogens with zero attached hydrogens (tertiary/aromatic N) is 2. The van der Waals surface area contributed by atoms with Gasteiger partial charge >= 0.3 is 10.8 Å². The van der Waals surface area contributed by atoms with Gasteiger partial charge in [0.25, 0.3) is 0 Å². The van der Waals surface area contributed by atoms with E-state index in [9.17, 15) is 14.7 Å². The van der Waals surface area contributed by atoms with Crippen LogP contribution in [0.1, 0.15) is 17.4 Å². The van der Waals surface area contributed by atoms with E-state index < -0.39 is 10.8 Å². The van der Waals surface area contributed by atoms with Gasteiger partial charge in [-0.05, 0) is 19.1 Å². The maximum absolute atomic E-state index is 12.0. The van der Waals surface area contributed by atoms with E-state index in [1.807, 2.05) is 24.3 Å². The summed E-state index contributed by atoms with van der Waals surface area (Å²) in [6.07, 6.45) is 3.38. The molecule has 1 N–H and O–H groups in total. The average Bonchev–Trinajstić information content (AvgIpc) is 3.05. The molecule has 0 amide bonds. The summed E-state index contributed by atoms with van der Waals surface area (Å²) in [5.41, 5.74) is 2.58. The molecule has 1 aromatic carbocycles. The monoisotopic (exact) mass is 330 g/mol. The van der Waals surface area contributed by atoms with Crippen LogP contribution in [-0.2, 0) is 16.1 Å². The molecule has 2 heterocycles. The first-order valence-corrected chi connectivity index (χ1v) is 7.85. The Kier molecular flexibility index (Phi) is 4.12. The maximum Gasteiger partial charge on any atom is 0.326 e. The van der Waals surface area contributed by atoms with Crippen LogP contribution >= 0.6 is 11.3 Å². The Bertz CT molecular complexity index is 876. The highest BCUT2D eigenvalue weighted by Crippen LogP contribution is 2.34. The van der Waals surface area contributed by atoms with Crippen molar-refractivity contribution in [2.75, 3.05) is 6.61 Å². The van der Waals surface area contributed by atoms with Crippen LogP contribution in [0.5, 0.6) is 5.88 Å². The van der Waals surface area contributed by atoms with Crippen LogP contribution in [0.25, 0.3) is 11.6 Å². The fourth-order valence-corrected chi connectivity index (χ4v) is 3.12. The Morgan fingerprint density at radius 1 is 1.43 bits per heavy atom. The molecule has 0 radical (unpaired) electrons. The fraction of sp³-hybridized carbons (Fsp3) is 0.188. The topological polar surface area (TPSA) is 80.9 Å². The van der Waals surface area contributed by atoms with Gasteiger partial charge in [-0.15, -0.1) is 0 Å². The van der Waals surface area contributed by atoms with Crippen molar-refractivity contribution in [3.63, 3.8) is 0 Å². The minimum atomic E-state index is -0.560. The minimum Gasteiger partial charge on any atom is -0.493 e. The number of aliphatic imine (C=N–C) groups is 1. The van der Waals surface area contributed by atoms with Gasteiger partial charge in [0, 0.05) is 17.4 Å². The van der Waals surface area contributed by atoms with Crippen molar-refractivity contribution in [1.82, 2.24) is 4.57 Å². The van der Waals surface area contributed by atoms with Crippen molar-refractivity contribution in [3.05, 3.63) is 44.4 Å². The van der Waals surface area contributed by atoms with E-state index in [0.29, 0.717) is 4.88 Å². The number of aromatic nitrogens is 1. The predicted molar refractivity (Wildman–Crippen MR) is 89.3 cm³/mol. The third-order valence-electron chi connectivity index (χ3n) is 3.33. The van der Waals surface area contributed by atoms with Crippen LogP contribution in [0.15, 0.2) is 34.1 Å². The molecule has 1 aliphatic rings. The summed E-state index contributed by atoms with van der Waals surface area (Å²) in [7, 11) is 0. The third-order valence-corrected chi connectivity index (χ3v) is 4.25. The second-order valence-corrected chi connectivity index (χ2v) is 5.82. The molecular formula is C16H14N2O4S. The van der Waals surface area contributed by atoms with Crippen molar-refractivity contribution in [2.45, 2.75) is 13.5 Å². The molecule has 7 heteroatoms. The molecule has 0 saturated carbocycles. The second kappa shape index (κ2) is 6.21. The molecular weight excluding hydrogens is 316 g/mol. The smallest absolute Gasteiger partial charge is 0.326 e. The van der Waals surface area contributed by atoms with Crippen LogP contribution in [0.2, 0.25) is 0 Å². The van der Waals surface area contributed by atoms with Gasteiger partial charge in [-0.3, -0.25) is 19.1 Å². The zero-order valence-electron chi connectivity index (χ0n) is 12.4. The molecule has 0 aliphatic carbocycles. The number of esters is 1. The van der Waals surface area contributed by atoms with Gasteiger partial charge in [0.05, 0.1) is 17.2 Å². The number of aromatic hydroxyl groups is 1. The largest absolute Gasteiger partial charge is 0.493 e. The maximum atomic E-state index is 12.0. The van der Waals surface area contributed by atoms with Gasteiger partial charge in [-0.2, -0.15) is 0 Å². The summed E-state index contributed by atoms with van der Waals surface area (Å²) in [5.74, 6) is -0.798. The van der Waals surface area contributed by atoms with E-state index >= 15 is 0 Å². The van der Waals surface area contributed by atoms with Gasteiger partial charge in [-0.1, -0.05) is 29.5 Å². The Labute approximate surface area is 136 Å². The van der Waals surface area contributed by atoms with Gasteiger partial charge in [0.15, 0.2) is 0 Å². The first-order valence-electron chi connectivity index (χ1n) is 7.03. The standard InChI is InChI=1S/C16H14N2O4S/c1-2-22-14(19)9-18-15(20)13(23-16(18)21)7-10-8-17-12-6-4-3-5-11(10)12/h3-8,20H,2,9H2,1H3/b10-7-. The molecule has 0 unspecified atom stereocenters. The first kappa shape index (κ1) is 15.2. The zero-order chi connectivity index (χ0) is 16.4. The normalized spacial score (nSPS) is 14.2. The summed E-state index contributed by atoms with van der Waals surface area (Å²) in [4.78, 5) is 27.7. The molecule has 3 rings (SSSR count). The molecule has 1 aromatic heterocycles. The third kappa shape index (κ3) is 2.95. The average molecular weight is 330 g/mol. The number of carbonyl (C=O) groups excluding carboxylic acids is 1. The summed E-state index contributed by atoms with van der Waals surface area (Å²) < 4.78 is 5.81. The van der Waals surface area contributed by atoms with Crippen molar-refractivity contribution in [3.8, 4) is 5.88 Å². The molecule has 2 aromatic rings. The second-order valence-electron chi connectivity index (χ2n) is 4.82.